The summed E-state index contributed by atoms with van der Waals surface area (Å²) in [6, 6.07) is 23.9. The van der Waals surface area contributed by atoms with E-state index in [0.29, 0.717) is 15.0 Å². The van der Waals surface area contributed by atoms with Crippen LogP contribution in [0.25, 0.3) is 11.4 Å². The number of anilines is 4. The number of hydrogen-bond donors (Lipinski definition) is 0. The average molecular weight is 552 g/mol. The molecule has 0 aliphatic carbocycles. The molecule has 5 rings (SSSR count). The monoisotopic (exact) mass is 552 g/mol. The maximum absolute atomic E-state index is 15.3. The predicted octanol–water partition coefficient (Wildman–Crippen LogP) is 6.49. The van der Waals surface area contributed by atoms with Crippen molar-refractivity contribution in [3.63, 3.8) is 0 Å². The molecule has 1 aromatic heterocycles. The van der Waals surface area contributed by atoms with Crippen molar-refractivity contribution < 1.29 is 9.13 Å². The third kappa shape index (κ3) is 3.90. The van der Waals surface area contributed by atoms with E-state index in [1.807, 2.05) is 49.4 Å². The summed E-state index contributed by atoms with van der Waals surface area (Å²) in [4.78, 5) is 14.1. The van der Waals surface area contributed by atoms with E-state index < -0.39 is 5.82 Å². The van der Waals surface area contributed by atoms with E-state index in [4.69, 9.17) is 14.7 Å². The summed E-state index contributed by atoms with van der Waals surface area (Å²) in [7, 11) is 1.47. The fourth-order valence-corrected chi connectivity index (χ4v) is 4.85. The van der Waals surface area contributed by atoms with Crippen LogP contribution in [0.5, 0.6) is 5.75 Å². The Labute approximate surface area is 206 Å². The molecule has 0 spiro atoms. The zero-order chi connectivity index (χ0) is 22.9. The summed E-state index contributed by atoms with van der Waals surface area (Å²) in [5, 5.41) is 0. The van der Waals surface area contributed by atoms with Crippen molar-refractivity contribution in [1.29, 1.82) is 0 Å². The van der Waals surface area contributed by atoms with E-state index in [1.54, 1.807) is 6.07 Å². The van der Waals surface area contributed by atoms with Gasteiger partial charge >= 0.3 is 0 Å². The third-order valence-corrected chi connectivity index (χ3v) is 6.59. The topological polar surface area (TPSA) is 41.5 Å². The Morgan fingerprint density at radius 2 is 1.45 bits per heavy atom. The van der Waals surface area contributed by atoms with E-state index in [-0.39, 0.29) is 5.75 Å². The highest BCUT2D eigenvalue weighted by atomic mass is 127. The van der Waals surface area contributed by atoms with Crippen LogP contribution in [0.2, 0.25) is 0 Å². The van der Waals surface area contributed by atoms with Gasteiger partial charge in [0.2, 0.25) is 0 Å². The van der Waals surface area contributed by atoms with Gasteiger partial charge in [-0.25, -0.2) is 14.4 Å². The molecule has 0 fully saturated rings. The molecular weight excluding hydrogens is 530 g/mol. The van der Waals surface area contributed by atoms with Gasteiger partial charge in [-0.05, 0) is 65.9 Å². The molecule has 1 aliphatic rings. The first kappa shape index (κ1) is 21.6. The zero-order valence-electron chi connectivity index (χ0n) is 18.3. The van der Waals surface area contributed by atoms with Crippen LogP contribution in [0.15, 0.2) is 72.8 Å². The first-order valence-electron chi connectivity index (χ1n) is 10.6. The van der Waals surface area contributed by atoms with Crippen LogP contribution in [0.1, 0.15) is 5.69 Å². The lowest BCUT2D eigenvalue weighted by atomic mass is 10.1. The molecule has 3 aromatic carbocycles. The maximum Gasteiger partial charge on any atom is 0.177 e. The van der Waals surface area contributed by atoms with Crippen molar-refractivity contribution in [3.05, 3.63) is 87.9 Å². The number of ether oxygens (including phenoxy) is 1. The molecule has 0 saturated carbocycles. The first-order valence-corrected chi connectivity index (χ1v) is 11.7. The molecule has 166 valence electrons. The largest absolute Gasteiger partial charge is 0.493 e. The fraction of sp³-hybridized carbons (Fsp3) is 0.154. The molecule has 0 N–H and O–H groups in total. The number of rotatable bonds is 4. The van der Waals surface area contributed by atoms with Crippen molar-refractivity contribution in [2.45, 2.75) is 6.92 Å². The summed E-state index contributed by atoms with van der Waals surface area (Å²) in [6.07, 6.45) is 0. The fourth-order valence-electron chi connectivity index (χ4n) is 4.21. The molecule has 33 heavy (non-hydrogen) atoms. The molecule has 0 bridgehead atoms. The lowest BCUT2D eigenvalue weighted by Gasteiger charge is -2.38. The molecule has 0 saturated heterocycles. The van der Waals surface area contributed by atoms with E-state index in [0.717, 1.165) is 41.7 Å². The number of methoxy groups -OCH3 is 1. The molecule has 5 nitrogen and oxygen atoms in total. The number of fused-ring (bicyclic) bond motifs is 1. The second-order valence-corrected chi connectivity index (χ2v) is 8.88. The van der Waals surface area contributed by atoms with Gasteiger partial charge in [0.05, 0.1) is 21.9 Å². The molecule has 0 unspecified atom stereocenters. The van der Waals surface area contributed by atoms with E-state index in [9.17, 15) is 0 Å². The van der Waals surface area contributed by atoms with Gasteiger partial charge in [0.1, 0.15) is 5.69 Å². The summed E-state index contributed by atoms with van der Waals surface area (Å²) in [5.41, 5.74) is 4.15. The van der Waals surface area contributed by atoms with Gasteiger partial charge < -0.3 is 14.5 Å². The van der Waals surface area contributed by atoms with Crippen molar-refractivity contribution in [1.82, 2.24) is 9.97 Å². The van der Waals surface area contributed by atoms with Crippen LogP contribution in [-0.2, 0) is 0 Å². The Bertz CT molecular complexity index is 1300. The Kier molecular flexibility index (Phi) is 5.88. The second kappa shape index (κ2) is 8.97. The molecule has 7 heteroatoms. The summed E-state index contributed by atoms with van der Waals surface area (Å²) in [6.45, 7) is 3.47. The van der Waals surface area contributed by atoms with Crippen molar-refractivity contribution >= 4 is 45.5 Å². The average Bonchev–Trinajstić information content (AvgIpc) is 2.85. The number of aromatic nitrogens is 2. The Balaban J connectivity index is 1.72. The van der Waals surface area contributed by atoms with Crippen LogP contribution >= 0.6 is 22.6 Å². The van der Waals surface area contributed by atoms with Crippen LogP contribution in [0.3, 0.4) is 0 Å². The van der Waals surface area contributed by atoms with Crippen LogP contribution < -0.4 is 14.5 Å². The summed E-state index contributed by atoms with van der Waals surface area (Å²) < 4.78 is 21.3. The number of para-hydroxylation sites is 2. The van der Waals surface area contributed by atoms with Crippen molar-refractivity contribution in [3.8, 4) is 17.1 Å². The number of halogens is 2. The molecule has 4 aromatic rings. The normalized spacial score (nSPS) is 13.1. The maximum atomic E-state index is 15.3. The number of hydrogen-bond acceptors (Lipinski definition) is 5. The van der Waals surface area contributed by atoms with Crippen LogP contribution in [0.4, 0.5) is 27.3 Å². The van der Waals surface area contributed by atoms with E-state index in [1.165, 1.54) is 7.11 Å². The smallest absolute Gasteiger partial charge is 0.177 e. The Hall–Kier alpha value is -3.20. The molecule has 2 heterocycles. The number of nitrogens with zero attached hydrogens (tertiary/aromatic N) is 4. The quantitative estimate of drug-likeness (QED) is 0.271. The molecular formula is C26H22FIN4O. The van der Waals surface area contributed by atoms with Gasteiger partial charge in [-0.1, -0.05) is 36.4 Å². The highest BCUT2D eigenvalue weighted by Crippen LogP contribution is 2.43. The van der Waals surface area contributed by atoms with Gasteiger partial charge in [-0.15, -0.1) is 0 Å². The first-order chi connectivity index (χ1) is 16.1. The van der Waals surface area contributed by atoms with Crippen LogP contribution in [0, 0.1) is 16.3 Å². The lowest BCUT2D eigenvalue weighted by molar-refractivity contribution is 0.384. The van der Waals surface area contributed by atoms with Gasteiger partial charge in [0.25, 0.3) is 0 Å². The highest BCUT2D eigenvalue weighted by Gasteiger charge is 2.30. The number of benzene rings is 3. The minimum Gasteiger partial charge on any atom is -0.493 e. The van der Waals surface area contributed by atoms with Crippen LogP contribution in [-0.4, -0.2) is 30.2 Å². The standard InChI is InChI=1S/C26H22FIN4O/c1-17-23-26(30-25(29-17)20-13-14-21(28)24(33-2)22(20)27)32(19-11-7-4-8-12-19)16-15-31(23)18-9-5-3-6-10-18/h3-14H,15-16H2,1-2H3. The Morgan fingerprint density at radius 1 is 0.848 bits per heavy atom. The SMILES string of the molecule is COc1c(I)ccc(-c2nc(C)c3c(n2)N(c2ccccc2)CCN3c2ccccc2)c1F. The highest BCUT2D eigenvalue weighted by molar-refractivity contribution is 14.1. The van der Waals surface area contributed by atoms with Gasteiger partial charge in [0.15, 0.2) is 23.2 Å². The second-order valence-electron chi connectivity index (χ2n) is 7.72. The van der Waals surface area contributed by atoms with Gasteiger partial charge in [-0.2, -0.15) is 0 Å². The molecule has 1 aliphatic heterocycles. The molecule has 0 atom stereocenters. The minimum atomic E-state index is -0.453. The summed E-state index contributed by atoms with van der Waals surface area (Å²) in [5.74, 6) is 0.855. The van der Waals surface area contributed by atoms with E-state index >= 15 is 4.39 Å². The van der Waals surface area contributed by atoms with Gasteiger partial charge in [0, 0.05) is 24.5 Å². The molecule has 0 radical (unpaired) electrons. The lowest BCUT2D eigenvalue weighted by Crippen LogP contribution is -2.37. The minimum absolute atomic E-state index is 0.206. The third-order valence-electron chi connectivity index (χ3n) is 5.74. The van der Waals surface area contributed by atoms with Gasteiger partial charge in [-0.3, -0.25) is 0 Å². The number of aryl methyl sites for hydroxylation is 1. The van der Waals surface area contributed by atoms with Crippen molar-refractivity contribution in [2.24, 2.45) is 0 Å². The Morgan fingerprint density at radius 3 is 2.09 bits per heavy atom. The van der Waals surface area contributed by atoms with E-state index in [2.05, 4.69) is 56.7 Å². The predicted molar refractivity (Wildman–Crippen MR) is 138 cm³/mol. The molecule has 0 amide bonds. The van der Waals surface area contributed by atoms with Crippen molar-refractivity contribution in [2.75, 3.05) is 30.0 Å². The zero-order valence-corrected chi connectivity index (χ0v) is 20.5. The summed E-state index contributed by atoms with van der Waals surface area (Å²) >= 11 is 2.06.